The molecule has 0 radical (unpaired) electrons. The molecule has 0 aliphatic carbocycles. The highest BCUT2D eigenvalue weighted by molar-refractivity contribution is 4.37. The van der Waals surface area contributed by atoms with Gasteiger partial charge in [0.2, 0.25) is 0 Å². The number of hydrogen-bond donors (Lipinski definition) is 2. The van der Waals surface area contributed by atoms with E-state index in [1.54, 1.807) is 0 Å². The van der Waals surface area contributed by atoms with Crippen LogP contribution in [0.15, 0.2) is 5.11 Å². The maximum Gasteiger partial charge on any atom is 0.125 e. The Balaban J connectivity index is 2.82. The maximum atomic E-state index is 7.76. The zero-order chi connectivity index (χ0) is 6.95. The summed E-state index contributed by atoms with van der Waals surface area (Å²) in [5.41, 5.74) is 10.1. The minimum atomic E-state index is 0.0676. The van der Waals surface area contributed by atoms with E-state index < -0.39 is 0 Å². The van der Waals surface area contributed by atoms with Gasteiger partial charge in [0.25, 0.3) is 0 Å². The van der Waals surface area contributed by atoms with Crippen LogP contribution in [0.4, 0.5) is 0 Å². The summed E-state index contributed by atoms with van der Waals surface area (Å²) in [5.74, 6) is 4.91. The molecule has 0 saturated carbocycles. The van der Waals surface area contributed by atoms with Crippen LogP contribution in [0.3, 0.4) is 0 Å². The van der Waals surface area contributed by atoms with E-state index in [9.17, 15) is 0 Å². The molecule has 0 heterocycles. The van der Waals surface area contributed by atoms with E-state index in [-0.39, 0.29) is 6.73 Å². The first-order valence-electron chi connectivity index (χ1n) is 2.44. The van der Waals surface area contributed by atoms with Gasteiger partial charge in [0, 0.05) is 11.5 Å². The molecule has 6 nitrogen and oxygen atoms in total. The molecule has 0 saturated heterocycles. The van der Waals surface area contributed by atoms with Gasteiger partial charge in [-0.25, -0.2) is 0 Å². The molecule has 6 heteroatoms. The summed E-state index contributed by atoms with van der Waals surface area (Å²) < 4.78 is 4.75. The molecule has 0 bridgehead atoms. The lowest BCUT2D eigenvalue weighted by Crippen LogP contribution is -2.26. The number of nitrogens with two attached hydrogens (primary N) is 1. The number of rotatable bonds is 5. The quantitative estimate of drug-likeness (QED) is 0.134. The Hall–Kier alpha value is -0.810. The molecule has 0 aromatic heterocycles. The molecule has 0 atom stereocenters. The first-order chi connectivity index (χ1) is 4.41. The highest BCUT2D eigenvalue weighted by Gasteiger charge is 1.80. The zero-order valence-corrected chi connectivity index (χ0v) is 4.95. The Kier molecular flexibility index (Phi) is 6.54. The van der Waals surface area contributed by atoms with Crippen molar-refractivity contribution in [2.24, 2.45) is 11.0 Å². The average molecular weight is 131 g/mol. The van der Waals surface area contributed by atoms with Crippen molar-refractivity contribution in [2.45, 2.75) is 0 Å². The number of nitrogens with zero attached hydrogens (tertiary/aromatic N) is 3. The number of nitrogens with one attached hydrogen (secondary N) is 1. The third kappa shape index (κ3) is 7.19. The van der Waals surface area contributed by atoms with Gasteiger partial charge in [-0.3, -0.25) is 11.3 Å². The number of hydrazine groups is 1. The Bertz CT molecular complexity index is 98.4. The molecule has 0 aromatic carbocycles. The highest BCUT2D eigenvalue weighted by atomic mass is 16.5. The van der Waals surface area contributed by atoms with Crippen molar-refractivity contribution in [1.29, 1.82) is 0 Å². The number of ether oxygens (including phenoxy) is 1. The smallest absolute Gasteiger partial charge is 0.125 e. The lowest BCUT2D eigenvalue weighted by molar-refractivity contribution is 0.143. The van der Waals surface area contributed by atoms with Crippen LogP contribution in [0.1, 0.15) is 0 Å². The summed E-state index contributed by atoms with van der Waals surface area (Å²) in [6, 6.07) is 0. The zero-order valence-electron chi connectivity index (χ0n) is 4.95. The van der Waals surface area contributed by atoms with Gasteiger partial charge in [-0.2, -0.15) is 0 Å². The van der Waals surface area contributed by atoms with Crippen LogP contribution < -0.4 is 11.3 Å². The van der Waals surface area contributed by atoms with Crippen molar-refractivity contribution in [3.05, 3.63) is 10.4 Å². The van der Waals surface area contributed by atoms with Gasteiger partial charge in [-0.15, -0.1) is 0 Å². The Morgan fingerprint density at radius 3 is 3.11 bits per heavy atom. The molecule has 9 heavy (non-hydrogen) atoms. The predicted octanol–water partition coefficient (Wildman–Crippen LogP) is -0.266. The van der Waals surface area contributed by atoms with E-state index in [4.69, 9.17) is 16.1 Å². The molecular formula is C3H9N5O. The number of hydrogen-bond acceptors (Lipinski definition) is 4. The van der Waals surface area contributed by atoms with Gasteiger partial charge >= 0.3 is 0 Å². The van der Waals surface area contributed by atoms with Crippen LogP contribution in [0.25, 0.3) is 10.4 Å². The monoisotopic (exact) mass is 131 g/mol. The summed E-state index contributed by atoms with van der Waals surface area (Å²) in [5, 5.41) is 3.13. The predicted molar refractivity (Wildman–Crippen MR) is 32.2 cm³/mol. The van der Waals surface area contributed by atoms with Crippen molar-refractivity contribution in [3.63, 3.8) is 0 Å². The van der Waals surface area contributed by atoms with Crippen LogP contribution >= 0.6 is 0 Å². The third-order valence-electron chi connectivity index (χ3n) is 0.603. The van der Waals surface area contributed by atoms with E-state index in [0.29, 0.717) is 13.2 Å². The molecule has 3 N–H and O–H groups in total. The minimum absolute atomic E-state index is 0.0676. The normalized spacial score (nSPS) is 8.56. The van der Waals surface area contributed by atoms with Gasteiger partial charge in [-0.1, -0.05) is 5.11 Å². The minimum Gasteiger partial charge on any atom is -0.374 e. The van der Waals surface area contributed by atoms with E-state index in [1.807, 2.05) is 0 Å². The van der Waals surface area contributed by atoms with E-state index in [1.165, 1.54) is 0 Å². The van der Waals surface area contributed by atoms with E-state index in [2.05, 4.69) is 15.5 Å². The summed E-state index contributed by atoms with van der Waals surface area (Å²) in [6.07, 6.45) is 0. The average Bonchev–Trinajstić information content (AvgIpc) is 1.89. The van der Waals surface area contributed by atoms with Gasteiger partial charge in [-0.05, 0) is 5.53 Å². The van der Waals surface area contributed by atoms with Crippen molar-refractivity contribution < 1.29 is 4.74 Å². The first kappa shape index (κ1) is 8.19. The summed E-state index contributed by atoms with van der Waals surface area (Å²) in [4.78, 5) is 2.48. The second-order valence-electron chi connectivity index (χ2n) is 1.22. The maximum absolute atomic E-state index is 7.76. The van der Waals surface area contributed by atoms with E-state index >= 15 is 0 Å². The molecule has 0 aliphatic heterocycles. The first-order valence-corrected chi connectivity index (χ1v) is 2.44. The summed E-state index contributed by atoms with van der Waals surface area (Å²) in [6.45, 7) is 1.08. The molecule has 0 spiro atoms. The van der Waals surface area contributed by atoms with Crippen LogP contribution in [0.5, 0.6) is 0 Å². The lowest BCUT2D eigenvalue weighted by Gasteiger charge is -1.96. The topological polar surface area (TPSA) is 96.0 Å². The van der Waals surface area contributed by atoms with Crippen LogP contribution in [0, 0.1) is 0 Å². The standard InChI is InChI=1S/C3H9N5O/c4-6-1-2-9-3-7-8-5/h6H,1-4H2. The second-order valence-corrected chi connectivity index (χ2v) is 1.22. The van der Waals surface area contributed by atoms with Crippen molar-refractivity contribution in [2.75, 3.05) is 19.9 Å². The lowest BCUT2D eigenvalue weighted by atomic mass is 10.7. The molecule has 0 aromatic rings. The molecule has 0 unspecified atom stereocenters. The molecule has 0 rings (SSSR count). The van der Waals surface area contributed by atoms with Crippen LogP contribution in [-0.4, -0.2) is 19.9 Å². The summed E-state index contributed by atoms with van der Waals surface area (Å²) >= 11 is 0. The molecule has 0 fully saturated rings. The van der Waals surface area contributed by atoms with Crippen molar-refractivity contribution in [1.82, 2.24) is 5.43 Å². The Labute approximate surface area is 52.6 Å². The fourth-order valence-corrected chi connectivity index (χ4v) is 0.262. The molecular weight excluding hydrogens is 122 g/mol. The molecule has 52 valence electrons. The fraction of sp³-hybridized carbons (Fsp3) is 1.00. The van der Waals surface area contributed by atoms with Crippen LogP contribution in [-0.2, 0) is 4.74 Å². The fourth-order valence-electron chi connectivity index (χ4n) is 0.262. The van der Waals surface area contributed by atoms with Gasteiger partial charge < -0.3 is 4.74 Å². The van der Waals surface area contributed by atoms with Crippen molar-refractivity contribution in [3.8, 4) is 0 Å². The van der Waals surface area contributed by atoms with E-state index in [0.717, 1.165) is 0 Å². The SMILES string of the molecule is [N-]=[N+]=NCOCCNN. The second kappa shape index (κ2) is 7.19. The third-order valence-corrected chi connectivity index (χ3v) is 0.603. The Morgan fingerprint density at radius 2 is 2.56 bits per heavy atom. The van der Waals surface area contributed by atoms with Gasteiger partial charge in [0.05, 0.1) is 6.61 Å². The Morgan fingerprint density at radius 1 is 1.78 bits per heavy atom. The van der Waals surface area contributed by atoms with Gasteiger partial charge in [0.15, 0.2) is 0 Å². The number of azide groups is 1. The molecule has 0 amide bonds. The molecule has 0 aliphatic rings. The summed E-state index contributed by atoms with van der Waals surface area (Å²) in [7, 11) is 0. The highest BCUT2D eigenvalue weighted by Crippen LogP contribution is 1.73. The van der Waals surface area contributed by atoms with Crippen molar-refractivity contribution >= 4 is 0 Å². The largest absolute Gasteiger partial charge is 0.374 e. The van der Waals surface area contributed by atoms with Gasteiger partial charge in [0.1, 0.15) is 6.73 Å². The van der Waals surface area contributed by atoms with Crippen LogP contribution in [0.2, 0.25) is 0 Å².